The molecule has 134 valence electrons. The standard InChI is InChI=1S/C20H26N2O2S/c1-24-19-10-3-2-6-16(19)13-22(14-17-8-5-11-25-17)20(23)18-9-4-7-15(18)12-21/h2-3,5-6,8,10-11,15,18H,4,7,9,12-14,21H2,1H3/t15-,18-/m1/s1. The first-order chi connectivity index (χ1) is 12.2. The van der Waals surface area contributed by atoms with E-state index < -0.39 is 0 Å². The summed E-state index contributed by atoms with van der Waals surface area (Å²) in [6, 6.07) is 12.0. The van der Waals surface area contributed by atoms with Crippen LogP contribution in [0.1, 0.15) is 29.7 Å². The van der Waals surface area contributed by atoms with Gasteiger partial charge < -0.3 is 15.4 Å². The number of benzene rings is 1. The lowest BCUT2D eigenvalue weighted by Crippen LogP contribution is -2.38. The van der Waals surface area contributed by atoms with E-state index in [9.17, 15) is 4.79 Å². The molecule has 2 atom stereocenters. The zero-order valence-corrected chi connectivity index (χ0v) is 15.5. The number of nitrogens with zero attached hydrogens (tertiary/aromatic N) is 1. The van der Waals surface area contributed by atoms with Gasteiger partial charge in [-0.05, 0) is 42.8 Å². The van der Waals surface area contributed by atoms with Gasteiger partial charge in [0.1, 0.15) is 5.75 Å². The molecule has 0 bridgehead atoms. The predicted octanol–water partition coefficient (Wildman–Crippen LogP) is 3.66. The highest BCUT2D eigenvalue weighted by molar-refractivity contribution is 7.09. The fourth-order valence-electron chi connectivity index (χ4n) is 3.72. The molecule has 0 radical (unpaired) electrons. The molecule has 1 heterocycles. The van der Waals surface area contributed by atoms with E-state index in [4.69, 9.17) is 10.5 Å². The Morgan fingerprint density at radius 1 is 1.24 bits per heavy atom. The van der Waals surface area contributed by atoms with Gasteiger partial charge in [-0.25, -0.2) is 0 Å². The number of carbonyl (C=O) groups excluding carboxylic acids is 1. The normalized spacial score (nSPS) is 19.8. The molecule has 1 aliphatic rings. The largest absolute Gasteiger partial charge is 0.496 e. The van der Waals surface area contributed by atoms with Crippen molar-refractivity contribution in [3.8, 4) is 5.75 Å². The van der Waals surface area contributed by atoms with Crippen molar-refractivity contribution in [1.82, 2.24) is 4.90 Å². The number of amides is 1. The Kier molecular flexibility index (Phi) is 6.10. The Morgan fingerprint density at radius 2 is 2.08 bits per heavy atom. The van der Waals surface area contributed by atoms with Gasteiger partial charge in [0.25, 0.3) is 0 Å². The van der Waals surface area contributed by atoms with Crippen molar-refractivity contribution in [2.45, 2.75) is 32.4 Å². The highest BCUT2D eigenvalue weighted by atomic mass is 32.1. The summed E-state index contributed by atoms with van der Waals surface area (Å²) in [4.78, 5) is 16.5. The van der Waals surface area contributed by atoms with Crippen LogP contribution in [-0.2, 0) is 17.9 Å². The second kappa shape index (κ2) is 8.50. The first kappa shape index (κ1) is 18.0. The molecule has 4 nitrogen and oxygen atoms in total. The summed E-state index contributed by atoms with van der Waals surface area (Å²) < 4.78 is 5.47. The number of thiophene rings is 1. The molecule has 2 aromatic rings. The minimum absolute atomic E-state index is 0.0552. The van der Waals surface area contributed by atoms with Crippen LogP contribution in [0, 0.1) is 11.8 Å². The maximum atomic E-state index is 13.3. The third-order valence-corrected chi connectivity index (χ3v) is 5.93. The molecule has 3 rings (SSSR count). The highest BCUT2D eigenvalue weighted by Crippen LogP contribution is 2.34. The third-order valence-electron chi connectivity index (χ3n) is 5.07. The van der Waals surface area contributed by atoms with Gasteiger partial charge in [-0.15, -0.1) is 11.3 Å². The minimum Gasteiger partial charge on any atom is -0.496 e. The van der Waals surface area contributed by atoms with Gasteiger partial charge >= 0.3 is 0 Å². The van der Waals surface area contributed by atoms with E-state index in [2.05, 4.69) is 11.4 Å². The smallest absolute Gasteiger partial charge is 0.226 e. The second-order valence-corrected chi connectivity index (χ2v) is 7.65. The third kappa shape index (κ3) is 4.22. The lowest BCUT2D eigenvalue weighted by Gasteiger charge is -2.28. The topological polar surface area (TPSA) is 55.6 Å². The fourth-order valence-corrected chi connectivity index (χ4v) is 4.44. The molecule has 1 aromatic carbocycles. The zero-order chi connectivity index (χ0) is 17.6. The molecule has 0 unspecified atom stereocenters. The molecule has 1 aromatic heterocycles. The highest BCUT2D eigenvalue weighted by Gasteiger charge is 2.35. The summed E-state index contributed by atoms with van der Waals surface area (Å²) in [6.45, 7) is 1.80. The van der Waals surface area contributed by atoms with Gasteiger partial charge in [0.2, 0.25) is 5.91 Å². The van der Waals surface area contributed by atoms with Crippen LogP contribution in [-0.4, -0.2) is 24.5 Å². The molecule has 0 spiro atoms. The summed E-state index contributed by atoms with van der Waals surface area (Å²) >= 11 is 1.69. The Bertz CT molecular complexity index is 687. The first-order valence-corrected chi connectivity index (χ1v) is 9.74. The maximum Gasteiger partial charge on any atom is 0.226 e. The van der Waals surface area contributed by atoms with Crippen molar-refractivity contribution >= 4 is 17.2 Å². The van der Waals surface area contributed by atoms with Gasteiger partial charge in [0, 0.05) is 22.9 Å². The first-order valence-electron chi connectivity index (χ1n) is 8.86. The van der Waals surface area contributed by atoms with Crippen LogP contribution >= 0.6 is 11.3 Å². The summed E-state index contributed by atoms with van der Waals surface area (Å²) in [7, 11) is 1.67. The number of para-hydroxylation sites is 1. The lowest BCUT2D eigenvalue weighted by atomic mass is 9.94. The van der Waals surface area contributed by atoms with Gasteiger partial charge in [0.05, 0.1) is 13.7 Å². The van der Waals surface area contributed by atoms with Crippen LogP contribution < -0.4 is 10.5 Å². The van der Waals surface area contributed by atoms with Crippen molar-refractivity contribution in [3.05, 3.63) is 52.2 Å². The predicted molar refractivity (Wildman–Crippen MR) is 101 cm³/mol. The van der Waals surface area contributed by atoms with E-state index in [-0.39, 0.29) is 11.8 Å². The number of ether oxygens (including phenoxy) is 1. The fraction of sp³-hybridized carbons (Fsp3) is 0.450. The average Bonchev–Trinajstić information content (AvgIpc) is 3.32. The van der Waals surface area contributed by atoms with E-state index in [1.165, 1.54) is 4.88 Å². The van der Waals surface area contributed by atoms with Crippen molar-refractivity contribution in [3.63, 3.8) is 0 Å². The van der Waals surface area contributed by atoms with Gasteiger partial charge in [-0.1, -0.05) is 30.7 Å². The summed E-state index contributed by atoms with van der Waals surface area (Å²) in [5.74, 6) is 1.43. The average molecular weight is 359 g/mol. The SMILES string of the molecule is COc1ccccc1CN(Cc1cccs1)C(=O)[C@@H]1CCC[C@@H]1CN. The number of nitrogens with two attached hydrogens (primary N) is 1. The van der Waals surface area contributed by atoms with Crippen molar-refractivity contribution in [1.29, 1.82) is 0 Å². The lowest BCUT2D eigenvalue weighted by molar-refractivity contribution is -0.137. The number of hydrogen-bond acceptors (Lipinski definition) is 4. The van der Waals surface area contributed by atoms with E-state index in [0.717, 1.165) is 30.6 Å². The Balaban J connectivity index is 1.83. The van der Waals surface area contributed by atoms with E-state index in [1.807, 2.05) is 35.2 Å². The molecule has 0 aliphatic heterocycles. The molecular formula is C20H26N2O2S. The van der Waals surface area contributed by atoms with E-state index >= 15 is 0 Å². The molecule has 1 saturated carbocycles. The number of methoxy groups -OCH3 is 1. The number of carbonyl (C=O) groups is 1. The molecule has 5 heteroatoms. The Hall–Kier alpha value is -1.85. The summed E-state index contributed by atoms with van der Waals surface area (Å²) in [5.41, 5.74) is 6.95. The van der Waals surface area contributed by atoms with Gasteiger partial charge in [0.15, 0.2) is 0 Å². The van der Waals surface area contributed by atoms with Crippen molar-refractivity contribution in [2.75, 3.05) is 13.7 Å². The molecular weight excluding hydrogens is 332 g/mol. The monoisotopic (exact) mass is 358 g/mol. The Morgan fingerprint density at radius 3 is 2.80 bits per heavy atom. The summed E-state index contributed by atoms with van der Waals surface area (Å²) in [5, 5.41) is 2.05. The molecule has 1 fully saturated rings. The molecule has 0 saturated heterocycles. The van der Waals surface area contributed by atoms with Crippen LogP contribution in [0.5, 0.6) is 5.75 Å². The molecule has 1 aliphatic carbocycles. The molecule has 1 amide bonds. The summed E-state index contributed by atoms with van der Waals surface area (Å²) in [6.07, 6.45) is 3.11. The number of hydrogen-bond donors (Lipinski definition) is 1. The molecule has 25 heavy (non-hydrogen) atoms. The van der Waals surface area contributed by atoms with Crippen LogP contribution in [0.3, 0.4) is 0 Å². The van der Waals surface area contributed by atoms with Crippen molar-refractivity contribution < 1.29 is 9.53 Å². The van der Waals surface area contributed by atoms with E-state index in [0.29, 0.717) is 25.6 Å². The zero-order valence-electron chi connectivity index (χ0n) is 14.7. The minimum atomic E-state index is 0.0552. The van der Waals surface area contributed by atoms with Crippen molar-refractivity contribution in [2.24, 2.45) is 17.6 Å². The van der Waals surface area contributed by atoms with Crippen LogP contribution in [0.15, 0.2) is 41.8 Å². The molecule has 2 N–H and O–H groups in total. The number of rotatable bonds is 7. The van der Waals surface area contributed by atoms with Crippen LogP contribution in [0.25, 0.3) is 0 Å². The van der Waals surface area contributed by atoms with Crippen LogP contribution in [0.4, 0.5) is 0 Å². The maximum absolute atomic E-state index is 13.3. The van der Waals surface area contributed by atoms with Crippen LogP contribution in [0.2, 0.25) is 0 Å². The van der Waals surface area contributed by atoms with Gasteiger partial charge in [-0.3, -0.25) is 4.79 Å². The quantitative estimate of drug-likeness (QED) is 0.822. The Labute approximate surface area is 153 Å². The second-order valence-electron chi connectivity index (χ2n) is 6.62. The van der Waals surface area contributed by atoms with Gasteiger partial charge in [-0.2, -0.15) is 0 Å². The van der Waals surface area contributed by atoms with E-state index in [1.54, 1.807) is 18.4 Å².